The minimum Gasteiger partial charge on any atom is -0.396 e. The zero-order valence-electron chi connectivity index (χ0n) is 10.5. The van der Waals surface area contributed by atoms with E-state index in [0.717, 1.165) is 13.0 Å². The number of rotatable bonds is 4. The molecule has 17 heavy (non-hydrogen) atoms. The summed E-state index contributed by atoms with van der Waals surface area (Å²) in [6, 6.07) is 13.0. The van der Waals surface area contributed by atoms with Gasteiger partial charge in [0.25, 0.3) is 0 Å². The second-order valence-corrected chi connectivity index (χ2v) is 4.53. The zero-order chi connectivity index (χ0) is 12.3. The van der Waals surface area contributed by atoms with E-state index in [1.807, 2.05) is 0 Å². The van der Waals surface area contributed by atoms with E-state index in [-0.39, 0.29) is 6.61 Å². The molecule has 0 radical (unpaired) electrons. The number of aryl methyl sites for hydroxylation is 1. The van der Waals surface area contributed by atoms with Gasteiger partial charge in [0, 0.05) is 25.9 Å². The van der Waals surface area contributed by atoms with E-state index in [1.165, 1.54) is 22.0 Å². The fraction of sp³-hybridized carbons (Fsp3) is 0.333. The van der Waals surface area contributed by atoms with Crippen molar-refractivity contribution < 1.29 is 5.11 Å². The molecule has 0 atom stereocenters. The molecule has 0 spiro atoms. The third-order valence-corrected chi connectivity index (χ3v) is 3.07. The maximum atomic E-state index is 8.84. The fourth-order valence-corrected chi connectivity index (χ4v) is 2.03. The highest BCUT2D eigenvalue weighted by Gasteiger charge is 2.01. The molecule has 0 aliphatic heterocycles. The highest BCUT2D eigenvalue weighted by molar-refractivity contribution is 5.86. The Labute approximate surface area is 102 Å². The predicted molar refractivity (Wildman–Crippen MR) is 73.7 cm³/mol. The van der Waals surface area contributed by atoms with Crippen molar-refractivity contribution in [1.29, 1.82) is 0 Å². The second kappa shape index (κ2) is 5.19. The topological polar surface area (TPSA) is 23.5 Å². The minimum atomic E-state index is 0.247. The van der Waals surface area contributed by atoms with Crippen LogP contribution in [0.25, 0.3) is 10.8 Å². The van der Waals surface area contributed by atoms with E-state index in [1.54, 1.807) is 0 Å². The summed E-state index contributed by atoms with van der Waals surface area (Å²) in [5.41, 5.74) is 2.49. The van der Waals surface area contributed by atoms with Gasteiger partial charge < -0.3 is 10.0 Å². The van der Waals surface area contributed by atoms with Crippen LogP contribution in [-0.2, 0) is 0 Å². The molecule has 0 saturated heterocycles. The number of hydrogen-bond acceptors (Lipinski definition) is 2. The molecule has 2 rings (SSSR count). The predicted octanol–water partition coefficient (Wildman–Crippen LogP) is 2.97. The SMILES string of the molecule is Cc1ccc2cc(N(C)CCCO)ccc2c1. The van der Waals surface area contributed by atoms with Gasteiger partial charge >= 0.3 is 0 Å². The van der Waals surface area contributed by atoms with Crippen LogP contribution in [0, 0.1) is 6.92 Å². The Morgan fingerprint density at radius 3 is 2.53 bits per heavy atom. The van der Waals surface area contributed by atoms with Crippen molar-refractivity contribution in [3.05, 3.63) is 42.0 Å². The maximum absolute atomic E-state index is 8.84. The first-order chi connectivity index (χ1) is 8.20. The average molecular weight is 229 g/mol. The molecule has 2 nitrogen and oxygen atoms in total. The monoisotopic (exact) mass is 229 g/mol. The van der Waals surface area contributed by atoms with Gasteiger partial charge in [-0.15, -0.1) is 0 Å². The van der Waals surface area contributed by atoms with E-state index in [4.69, 9.17) is 5.11 Å². The van der Waals surface area contributed by atoms with Crippen LogP contribution < -0.4 is 4.90 Å². The molecule has 90 valence electrons. The largest absolute Gasteiger partial charge is 0.396 e. The van der Waals surface area contributed by atoms with Gasteiger partial charge in [-0.2, -0.15) is 0 Å². The third kappa shape index (κ3) is 2.77. The van der Waals surface area contributed by atoms with E-state index in [9.17, 15) is 0 Å². The second-order valence-electron chi connectivity index (χ2n) is 4.53. The van der Waals surface area contributed by atoms with Crippen LogP contribution in [0.4, 0.5) is 5.69 Å². The van der Waals surface area contributed by atoms with E-state index >= 15 is 0 Å². The lowest BCUT2D eigenvalue weighted by Gasteiger charge is -2.19. The first kappa shape index (κ1) is 11.9. The summed E-state index contributed by atoms with van der Waals surface area (Å²) in [5, 5.41) is 11.4. The third-order valence-electron chi connectivity index (χ3n) is 3.07. The van der Waals surface area contributed by atoms with Gasteiger partial charge in [-0.05, 0) is 36.2 Å². The molecule has 0 fully saturated rings. The molecular weight excluding hydrogens is 210 g/mol. The van der Waals surface area contributed by atoms with Crippen molar-refractivity contribution in [1.82, 2.24) is 0 Å². The minimum absolute atomic E-state index is 0.247. The molecule has 0 aliphatic rings. The number of aliphatic hydroxyl groups is 1. The van der Waals surface area contributed by atoms with Crippen LogP contribution in [0.3, 0.4) is 0 Å². The normalized spacial score (nSPS) is 10.8. The summed E-state index contributed by atoms with van der Waals surface area (Å²) >= 11 is 0. The summed E-state index contributed by atoms with van der Waals surface area (Å²) in [6.07, 6.45) is 0.808. The van der Waals surface area contributed by atoms with Crippen molar-refractivity contribution in [2.45, 2.75) is 13.3 Å². The van der Waals surface area contributed by atoms with Crippen molar-refractivity contribution in [2.75, 3.05) is 25.1 Å². The smallest absolute Gasteiger partial charge is 0.0447 e. The maximum Gasteiger partial charge on any atom is 0.0447 e. The lowest BCUT2D eigenvalue weighted by Crippen LogP contribution is -2.19. The van der Waals surface area contributed by atoms with E-state index < -0.39 is 0 Å². The van der Waals surface area contributed by atoms with Crippen LogP contribution in [0.5, 0.6) is 0 Å². The Hall–Kier alpha value is -1.54. The average Bonchev–Trinajstić information content (AvgIpc) is 2.35. The van der Waals surface area contributed by atoms with Crippen LogP contribution in [0.2, 0.25) is 0 Å². The number of fused-ring (bicyclic) bond motifs is 1. The summed E-state index contributed by atoms with van der Waals surface area (Å²) < 4.78 is 0. The lowest BCUT2D eigenvalue weighted by molar-refractivity contribution is 0.290. The van der Waals surface area contributed by atoms with Crippen molar-refractivity contribution in [3.63, 3.8) is 0 Å². The molecular formula is C15H19NO. The summed E-state index contributed by atoms with van der Waals surface area (Å²) in [4.78, 5) is 2.18. The molecule has 0 aliphatic carbocycles. The molecule has 0 unspecified atom stereocenters. The Balaban J connectivity index is 2.28. The van der Waals surface area contributed by atoms with Gasteiger partial charge in [-0.25, -0.2) is 0 Å². The Kier molecular flexibility index (Phi) is 3.64. The van der Waals surface area contributed by atoms with Crippen LogP contribution in [0.15, 0.2) is 36.4 Å². The van der Waals surface area contributed by atoms with Crippen LogP contribution in [0.1, 0.15) is 12.0 Å². The summed E-state index contributed by atoms with van der Waals surface area (Å²) in [6.45, 7) is 3.24. The number of aliphatic hydroxyl groups excluding tert-OH is 1. The highest BCUT2D eigenvalue weighted by Crippen LogP contribution is 2.22. The molecule has 0 amide bonds. The molecule has 2 heteroatoms. The molecule has 0 heterocycles. The number of nitrogens with zero attached hydrogens (tertiary/aromatic N) is 1. The van der Waals surface area contributed by atoms with Crippen molar-refractivity contribution in [3.8, 4) is 0 Å². The highest BCUT2D eigenvalue weighted by atomic mass is 16.3. The molecule has 1 N–H and O–H groups in total. The quantitative estimate of drug-likeness (QED) is 0.871. The number of anilines is 1. The first-order valence-electron chi connectivity index (χ1n) is 6.03. The van der Waals surface area contributed by atoms with Crippen LogP contribution in [-0.4, -0.2) is 25.3 Å². The standard InChI is InChI=1S/C15H19NO/c1-12-4-5-14-11-15(7-6-13(14)10-12)16(2)8-3-9-17/h4-7,10-11,17H,3,8-9H2,1-2H3. The fourth-order valence-electron chi connectivity index (χ4n) is 2.03. The number of benzene rings is 2. The van der Waals surface area contributed by atoms with Gasteiger partial charge in [0.1, 0.15) is 0 Å². The molecule has 2 aromatic rings. The van der Waals surface area contributed by atoms with E-state index in [2.05, 4.69) is 55.3 Å². The molecule has 2 aromatic carbocycles. The summed E-state index contributed by atoms with van der Waals surface area (Å²) in [5.74, 6) is 0. The first-order valence-corrected chi connectivity index (χ1v) is 6.03. The van der Waals surface area contributed by atoms with Gasteiger partial charge in [0.15, 0.2) is 0 Å². The van der Waals surface area contributed by atoms with Crippen molar-refractivity contribution >= 4 is 16.5 Å². The lowest BCUT2D eigenvalue weighted by atomic mass is 10.1. The Morgan fingerprint density at radius 2 is 1.76 bits per heavy atom. The Bertz CT molecular complexity index is 507. The Morgan fingerprint density at radius 1 is 1.06 bits per heavy atom. The van der Waals surface area contributed by atoms with Gasteiger partial charge in [-0.3, -0.25) is 0 Å². The van der Waals surface area contributed by atoms with E-state index in [0.29, 0.717) is 0 Å². The zero-order valence-corrected chi connectivity index (χ0v) is 10.5. The molecule has 0 saturated carbocycles. The van der Waals surface area contributed by atoms with Gasteiger partial charge in [-0.1, -0.05) is 29.8 Å². The molecule has 0 aromatic heterocycles. The summed E-state index contributed by atoms with van der Waals surface area (Å²) in [7, 11) is 2.06. The van der Waals surface area contributed by atoms with Gasteiger partial charge in [0.2, 0.25) is 0 Å². The van der Waals surface area contributed by atoms with Crippen LogP contribution >= 0.6 is 0 Å². The van der Waals surface area contributed by atoms with Gasteiger partial charge in [0.05, 0.1) is 0 Å². The molecule has 0 bridgehead atoms. The van der Waals surface area contributed by atoms with Crippen molar-refractivity contribution in [2.24, 2.45) is 0 Å². The number of hydrogen-bond donors (Lipinski definition) is 1.